The topological polar surface area (TPSA) is 78.9 Å². The van der Waals surface area contributed by atoms with Gasteiger partial charge in [-0.15, -0.1) is 0 Å². The second-order valence-corrected chi connectivity index (χ2v) is 18.1. The summed E-state index contributed by atoms with van der Waals surface area (Å²) in [6, 6.07) is 0. The van der Waals surface area contributed by atoms with Crippen LogP contribution < -0.4 is 0 Å². The number of allylic oxidation sites excluding steroid dienone is 12. The molecule has 0 amide bonds. The number of rotatable bonds is 49. The molecule has 0 rings (SSSR count). The molecule has 65 heavy (non-hydrogen) atoms. The van der Waals surface area contributed by atoms with Gasteiger partial charge in [-0.2, -0.15) is 0 Å². The Kier molecular flexibility index (Phi) is 50.9. The van der Waals surface area contributed by atoms with Crippen LogP contribution in [0.1, 0.15) is 265 Å². The first-order valence-corrected chi connectivity index (χ1v) is 27.4. The average molecular weight is 907 g/mol. The average Bonchev–Trinajstić information content (AvgIpc) is 3.30. The molecule has 0 saturated heterocycles. The molecule has 0 aliphatic rings. The number of ether oxygens (including phenoxy) is 3. The molecule has 0 aromatic heterocycles. The van der Waals surface area contributed by atoms with Gasteiger partial charge >= 0.3 is 17.9 Å². The van der Waals surface area contributed by atoms with Gasteiger partial charge in [0, 0.05) is 19.3 Å². The SMILES string of the molecule is CC/C=C\C/C=C\C/C=C\C/C=C\CCCCCCC(=O)OC(COC(=O)CCCCCCCCCCC/C=C\C/C=C\CCCCC)COC(=O)CCCCCCCCCCCCC. The van der Waals surface area contributed by atoms with E-state index in [1.165, 1.54) is 122 Å². The van der Waals surface area contributed by atoms with Crippen molar-refractivity contribution >= 4 is 17.9 Å². The number of carbonyl (C=O) groups excluding carboxylic acids is 3. The van der Waals surface area contributed by atoms with Crippen molar-refractivity contribution in [3.63, 3.8) is 0 Å². The Morgan fingerprint density at radius 1 is 0.323 bits per heavy atom. The fourth-order valence-corrected chi connectivity index (χ4v) is 7.58. The lowest BCUT2D eigenvalue weighted by molar-refractivity contribution is -0.167. The van der Waals surface area contributed by atoms with E-state index in [0.29, 0.717) is 19.3 Å². The molecule has 374 valence electrons. The normalized spacial score (nSPS) is 12.6. The predicted molar refractivity (Wildman–Crippen MR) is 279 cm³/mol. The van der Waals surface area contributed by atoms with Gasteiger partial charge in [-0.3, -0.25) is 14.4 Å². The fourth-order valence-electron chi connectivity index (χ4n) is 7.58. The van der Waals surface area contributed by atoms with Gasteiger partial charge in [0.2, 0.25) is 0 Å². The fraction of sp³-hybridized carbons (Fsp3) is 0.746. The smallest absolute Gasteiger partial charge is 0.306 e. The monoisotopic (exact) mass is 907 g/mol. The van der Waals surface area contributed by atoms with Gasteiger partial charge in [-0.1, -0.05) is 229 Å². The minimum Gasteiger partial charge on any atom is -0.462 e. The molecule has 0 bridgehead atoms. The van der Waals surface area contributed by atoms with E-state index in [1.807, 2.05) is 0 Å². The molecular formula is C59H102O6. The number of carbonyl (C=O) groups is 3. The minimum atomic E-state index is -0.788. The predicted octanol–water partition coefficient (Wildman–Crippen LogP) is 18.2. The van der Waals surface area contributed by atoms with Crippen molar-refractivity contribution < 1.29 is 28.6 Å². The first kappa shape index (κ1) is 61.9. The van der Waals surface area contributed by atoms with E-state index in [-0.39, 0.29) is 31.1 Å². The van der Waals surface area contributed by atoms with Crippen LogP contribution in [0.5, 0.6) is 0 Å². The van der Waals surface area contributed by atoms with E-state index < -0.39 is 6.10 Å². The Labute approximate surface area is 402 Å². The van der Waals surface area contributed by atoms with E-state index in [2.05, 4.69) is 93.7 Å². The van der Waals surface area contributed by atoms with E-state index in [0.717, 1.165) is 103 Å². The van der Waals surface area contributed by atoms with Crippen LogP contribution in [0.2, 0.25) is 0 Å². The highest BCUT2D eigenvalue weighted by atomic mass is 16.6. The summed E-state index contributed by atoms with van der Waals surface area (Å²) in [6.45, 7) is 6.48. The lowest BCUT2D eigenvalue weighted by Crippen LogP contribution is -2.30. The van der Waals surface area contributed by atoms with E-state index in [1.54, 1.807) is 0 Å². The molecule has 1 unspecified atom stereocenters. The molecule has 0 aliphatic heterocycles. The number of esters is 3. The third-order valence-electron chi connectivity index (χ3n) is 11.7. The van der Waals surface area contributed by atoms with Crippen LogP contribution in [0.4, 0.5) is 0 Å². The van der Waals surface area contributed by atoms with Crippen LogP contribution >= 0.6 is 0 Å². The molecule has 0 N–H and O–H groups in total. The van der Waals surface area contributed by atoms with E-state index in [4.69, 9.17) is 14.2 Å². The molecule has 0 aromatic rings. The Hall–Kier alpha value is -3.15. The Balaban J connectivity index is 4.38. The molecule has 0 radical (unpaired) electrons. The zero-order valence-electron chi connectivity index (χ0n) is 42.7. The summed E-state index contributed by atoms with van der Waals surface area (Å²) in [6.07, 6.45) is 67.4. The highest BCUT2D eigenvalue weighted by Crippen LogP contribution is 2.15. The Morgan fingerprint density at radius 3 is 0.969 bits per heavy atom. The quantitative estimate of drug-likeness (QED) is 0.0262. The first-order valence-electron chi connectivity index (χ1n) is 27.4. The molecule has 0 aliphatic carbocycles. The summed E-state index contributed by atoms with van der Waals surface area (Å²) in [5.74, 6) is -0.908. The summed E-state index contributed by atoms with van der Waals surface area (Å²) >= 11 is 0. The number of unbranched alkanes of at least 4 members (excludes halogenated alkanes) is 26. The molecule has 0 aromatic carbocycles. The second kappa shape index (κ2) is 53.5. The summed E-state index contributed by atoms with van der Waals surface area (Å²) in [5, 5.41) is 0. The minimum absolute atomic E-state index is 0.0850. The van der Waals surface area contributed by atoms with Crippen molar-refractivity contribution in [1.29, 1.82) is 0 Å². The molecule has 0 saturated carbocycles. The molecule has 0 fully saturated rings. The molecular weight excluding hydrogens is 805 g/mol. The van der Waals surface area contributed by atoms with Crippen LogP contribution in [0.15, 0.2) is 72.9 Å². The molecule has 0 spiro atoms. The van der Waals surface area contributed by atoms with Gasteiger partial charge in [-0.05, 0) is 89.9 Å². The number of hydrogen-bond donors (Lipinski definition) is 0. The Morgan fingerprint density at radius 2 is 0.600 bits per heavy atom. The molecule has 6 nitrogen and oxygen atoms in total. The number of hydrogen-bond acceptors (Lipinski definition) is 6. The third kappa shape index (κ3) is 51.7. The van der Waals surface area contributed by atoms with Gasteiger partial charge in [0.15, 0.2) is 6.10 Å². The molecule has 6 heteroatoms. The summed E-state index contributed by atoms with van der Waals surface area (Å²) < 4.78 is 16.8. The van der Waals surface area contributed by atoms with Crippen LogP contribution in [-0.2, 0) is 28.6 Å². The van der Waals surface area contributed by atoms with Crippen molar-refractivity contribution in [1.82, 2.24) is 0 Å². The van der Waals surface area contributed by atoms with Crippen molar-refractivity contribution in [2.24, 2.45) is 0 Å². The summed E-state index contributed by atoms with van der Waals surface area (Å²) in [7, 11) is 0. The lowest BCUT2D eigenvalue weighted by Gasteiger charge is -2.18. The van der Waals surface area contributed by atoms with Gasteiger partial charge < -0.3 is 14.2 Å². The van der Waals surface area contributed by atoms with Crippen LogP contribution in [0.3, 0.4) is 0 Å². The Bertz CT molecular complexity index is 1230. The van der Waals surface area contributed by atoms with Crippen LogP contribution in [0.25, 0.3) is 0 Å². The summed E-state index contributed by atoms with van der Waals surface area (Å²) in [5.41, 5.74) is 0. The van der Waals surface area contributed by atoms with Gasteiger partial charge in [0.1, 0.15) is 13.2 Å². The third-order valence-corrected chi connectivity index (χ3v) is 11.7. The molecule has 0 heterocycles. The summed E-state index contributed by atoms with van der Waals surface area (Å²) in [4.78, 5) is 38.0. The second-order valence-electron chi connectivity index (χ2n) is 18.1. The van der Waals surface area contributed by atoms with Gasteiger partial charge in [-0.25, -0.2) is 0 Å². The standard InChI is InChI=1S/C59H102O6/c1-4-7-10-13-16-19-22-24-26-28-29-31-32-34-37-40-43-46-49-52-58(61)64-55-56(54-63-57(60)51-48-45-42-39-36-21-18-15-12-9-6-3)65-59(62)53-50-47-44-41-38-35-33-30-27-25-23-20-17-14-11-8-5-2/h8,11,16-17,19-20,24-27,33,35,56H,4-7,9-10,12-15,18,21-23,28-32,34,36-55H2,1-3H3/b11-8-,19-16-,20-17-,26-24-,27-25-,35-33-. The zero-order valence-corrected chi connectivity index (χ0v) is 42.7. The maximum atomic E-state index is 12.8. The van der Waals surface area contributed by atoms with Gasteiger partial charge in [0.05, 0.1) is 0 Å². The van der Waals surface area contributed by atoms with E-state index in [9.17, 15) is 14.4 Å². The van der Waals surface area contributed by atoms with Crippen molar-refractivity contribution in [3.05, 3.63) is 72.9 Å². The van der Waals surface area contributed by atoms with Gasteiger partial charge in [0.25, 0.3) is 0 Å². The maximum Gasteiger partial charge on any atom is 0.306 e. The van der Waals surface area contributed by atoms with Crippen molar-refractivity contribution in [2.45, 2.75) is 271 Å². The zero-order chi connectivity index (χ0) is 47.2. The lowest BCUT2D eigenvalue weighted by atomic mass is 10.1. The van der Waals surface area contributed by atoms with E-state index >= 15 is 0 Å². The van der Waals surface area contributed by atoms with Crippen LogP contribution in [0, 0.1) is 0 Å². The molecule has 1 atom stereocenters. The van der Waals surface area contributed by atoms with Crippen molar-refractivity contribution in [3.8, 4) is 0 Å². The van der Waals surface area contributed by atoms with Crippen LogP contribution in [-0.4, -0.2) is 37.2 Å². The largest absolute Gasteiger partial charge is 0.462 e. The highest BCUT2D eigenvalue weighted by molar-refractivity contribution is 5.71. The maximum absolute atomic E-state index is 12.8. The first-order chi connectivity index (χ1) is 32.0. The highest BCUT2D eigenvalue weighted by Gasteiger charge is 2.19. The van der Waals surface area contributed by atoms with Crippen molar-refractivity contribution in [2.75, 3.05) is 13.2 Å².